The van der Waals surface area contributed by atoms with Gasteiger partial charge in [0.1, 0.15) is 6.54 Å². The van der Waals surface area contributed by atoms with E-state index in [1.807, 2.05) is 25.1 Å². The van der Waals surface area contributed by atoms with Crippen LogP contribution in [0.15, 0.2) is 29.1 Å². The van der Waals surface area contributed by atoms with Gasteiger partial charge < -0.3 is 14.8 Å². The first kappa shape index (κ1) is 18.5. The lowest BCUT2D eigenvalue weighted by Crippen LogP contribution is -2.34. The van der Waals surface area contributed by atoms with E-state index in [1.54, 1.807) is 6.07 Å². The number of aryl methyl sites for hydroxylation is 1. The molecule has 3 rings (SSSR count). The predicted octanol–water partition coefficient (Wildman–Crippen LogP) is 1.41. The van der Waals surface area contributed by atoms with Gasteiger partial charge in [0.25, 0.3) is 5.56 Å². The molecule has 7 heteroatoms. The molecule has 0 aliphatic carbocycles. The van der Waals surface area contributed by atoms with Crippen molar-refractivity contribution in [1.82, 2.24) is 15.1 Å². The lowest BCUT2D eigenvalue weighted by atomic mass is 10.1. The number of fused-ring (bicyclic) bond motifs is 1. The molecule has 1 fully saturated rings. The van der Waals surface area contributed by atoms with Crippen LogP contribution in [0.3, 0.4) is 0 Å². The zero-order valence-corrected chi connectivity index (χ0v) is 15.1. The second kappa shape index (κ2) is 8.91. The number of hydrogen-bond acceptors (Lipinski definition) is 5. The van der Waals surface area contributed by atoms with Gasteiger partial charge in [0.15, 0.2) is 0 Å². The summed E-state index contributed by atoms with van der Waals surface area (Å²) in [6, 6.07) is 7.30. The van der Waals surface area contributed by atoms with Gasteiger partial charge in [-0.3, -0.25) is 9.59 Å². The molecule has 0 saturated carbocycles. The topological polar surface area (TPSA) is 82.5 Å². The number of aromatic nitrogens is 2. The molecule has 26 heavy (non-hydrogen) atoms. The Kier molecular flexibility index (Phi) is 6.35. The van der Waals surface area contributed by atoms with Crippen LogP contribution in [0.25, 0.3) is 10.8 Å². The zero-order chi connectivity index (χ0) is 18.4. The molecule has 1 amide bonds. The van der Waals surface area contributed by atoms with Crippen molar-refractivity contribution < 1.29 is 14.3 Å². The number of ether oxygens (including phenoxy) is 2. The first-order valence-electron chi connectivity index (χ1n) is 9.07. The van der Waals surface area contributed by atoms with E-state index in [9.17, 15) is 9.59 Å². The first-order valence-corrected chi connectivity index (χ1v) is 9.07. The van der Waals surface area contributed by atoms with Gasteiger partial charge in [0, 0.05) is 25.1 Å². The predicted molar refractivity (Wildman–Crippen MR) is 98.2 cm³/mol. The second-order valence-electron chi connectivity index (χ2n) is 6.51. The maximum absolute atomic E-state index is 12.4. The van der Waals surface area contributed by atoms with E-state index in [4.69, 9.17) is 9.47 Å². The highest BCUT2D eigenvalue weighted by Gasteiger charge is 2.15. The summed E-state index contributed by atoms with van der Waals surface area (Å²) in [4.78, 5) is 24.5. The smallest absolute Gasteiger partial charge is 0.275 e. The van der Waals surface area contributed by atoms with Gasteiger partial charge in [-0.15, -0.1) is 0 Å². The van der Waals surface area contributed by atoms with Crippen molar-refractivity contribution in [3.8, 4) is 0 Å². The number of hydrogen-bond donors (Lipinski definition) is 1. The van der Waals surface area contributed by atoms with Crippen molar-refractivity contribution in [3.05, 3.63) is 40.3 Å². The Hall–Kier alpha value is -2.25. The Morgan fingerprint density at radius 2 is 2.19 bits per heavy atom. The largest absolute Gasteiger partial charge is 0.379 e. The summed E-state index contributed by atoms with van der Waals surface area (Å²) < 4.78 is 12.3. The number of nitrogens with one attached hydrogen (secondary N) is 1. The van der Waals surface area contributed by atoms with Crippen LogP contribution in [0.2, 0.25) is 0 Å². The number of rotatable bonds is 8. The normalized spacial score (nSPS) is 16.9. The van der Waals surface area contributed by atoms with Gasteiger partial charge in [-0.2, -0.15) is 5.10 Å². The molecule has 0 spiro atoms. The van der Waals surface area contributed by atoms with E-state index in [-0.39, 0.29) is 24.1 Å². The van der Waals surface area contributed by atoms with Crippen molar-refractivity contribution in [3.63, 3.8) is 0 Å². The maximum atomic E-state index is 12.4. The third-order valence-corrected chi connectivity index (χ3v) is 4.46. The highest BCUT2D eigenvalue weighted by Crippen LogP contribution is 2.12. The Bertz CT molecular complexity index is 812. The van der Waals surface area contributed by atoms with Crippen LogP contribution in [0, 0.1) is 6.92 Å². The quantitative estimate of drug-likeness (QED) is 0.721. The molecule has 0 bridgehead atoms. The highest BCUT2D eigenvalue weighted by molar-refractivity contribution is 5.83. The second-order valence-corrected chi connectivity index (χ2v) is 6.51. The van der Waals surface area contributed by atoms with Crippen LogP contribution in [-0.4, -0.2) is 48.2 Å². The molecule has 0 radical (unpaired) electrons. The molecule has 2 heterocycles. The molecule has 1 unspecified atom stereocenters. The summed E-state index contributed by atoms with van der Waals surface area (Å²) in [7, 11) is 0. The zero-order valence-electron chi connectivity index (χ0n) is 15.1. The molecule has 1 atom stereocenters. The van der Waals surface area contributed by atoms with Gasteiger partial charge >= 0.3 is 0 Å². The van der Waals surface area contributed by atoms with Gasteiger partial charge in [0.2, 0.25) is 5.91 Å². The number of carbonyl (C=O) groups is 1. The van der Waals surface area contributed by atoms with Gasteiger partial charge in [-0.1, -0.05) is 18.2 Å². The third kappa shape index (κ3) is 4.68. The minimum absolute atomic E-state index is 0.0821. The van der Waals surface area contributed by atoms with Crippen LogP contribution in [-0.2, 0) is 20.8 Å². The maximum Gasteiger partial charge on any atom is 0.275 e. The third-order valence-electron chi connectivity index (χ3n) is 4.46. The van der Waals surface area contributed by atoms with E-state index in [0.717, 1.165) is 36.9 Å². The SMILES string of the molecule is Cc1nn(CC(=O)NCCCOCC2CCCO2)c(=O)c2ccccc12. The van der Waals surface area contributed by atoms with Crippen molar-refractivity contribution in [2.75, 3.05) is 26.4 Å². The fraction of sp³-hybridized carbons (Fsp3) is 0.526. The molecule has 7 nitrogen and oxygen atoms in total. The van der Waals surface area contributed by atoms with Crippen molar-refractivity contribution in [2.24, 2.45) is 0 Å². The van der Waals surface area contributed by atoms with Crippen LogP contribution in [0.1, 0.15) is 25.0 Å². The average Bonchev–Trinajstić information content (AvgIpc) is 3.16. The average molecular weight is 359 g/mol. The van der Waals surface area contributed by atoms with E-state index >= 15 is 0 Å². The minimum atomic E-state index is -0.249. The molecular weight excluding hydrogens is 334 g/mol. The number of carbonyl (C=O) groups excluding carboxylic acids is 1. The van der Waals surface area contributed by atoms with E-state index in [1.165, 1.54) is 4.68 Å². The Morgan fingerprint density at radius 1 is 1.38 bits per heavy atom. The van der Waals surface area contributed by atoms with Crippen LogP contribution in [0.4, 0.5) is 0 Å². The Balaban J connectivity index is 1.44. The fourth-order valence-electron chi connectivity index (χ4n) is 3.10. The molecule has 1 aromatic carbocycles. The lowest BCUT2D eigenvalue weighted by Gasteiger charge is -2.11. The molecule has 2 aromatic rings. The Morgan fingerprint density at radius 3 is 2.96 bits per heavy atom. The molecule has 1 aliphatic heterocycles. The lowest BCUT2D eigenvalue weighted by molar-refractivity contribution is -0.121. The minimum Gasteiger partial charge on any atom is -0.379 e. The van der Waals surface area contributed by atoms with Gasteiger partial charge in [0.05, 0.1) is 23.8 Å². The van der Waals surface area contributed by atoms with Gasteiger partial charge in [-0.05, 0) is 32.3 Å². The molecule has 1 aromatic heterocycles. The highest BCUT2D eigenvalue weighted by atomic mass is 16.5. The monoisotopic (exact) mass is 359 g/mol. The summed E-state index contributed by atoms with van der Waals surface area (Å²) in [5.41, 5.74) is 0.483. The Labute approximate surface area is 152 Å². The van der Waals surface area contributed by atoms with E-state index < -0.39 is 0 Å². The van der Waals surface area contributed by atoms with Crippen LogP contribution >= 0.6 is 0 Å². The molecule has 1 aliphatic rings. The number of benzene rings is 1. The fourth-order valence-corrected chi connectivity index (χ4v) is 3.10. The molecule has 140 valence electrons. The summed E-state index contributed by atoms with van der Waals surface area (Å²) in [6.07, 6.45) is 3.10. The van der Waals surface area contributed by atoms with Crippen LogP contribution in [0.5, 0.6) is 0 Å². The van der Waals surface area contributed by atoms with Crippen molar-refractivity contribution in [2.45, 2.75) is 38.8 Å². The summed E-state index contributed by atoms with van der Waals surface area (Å²) in [5, 5.41) is 8.45. The standard InChI is InChI=1S/C19H25N3O4/c1-14-16-7-2-3-8-17(16)19(24)22(21-14)12-18(23)20-9-5-10-25-13-15-6-4-11-26-15/h2-3,7-8,15H,4-6,9-13H2,1H3,(H,20,23). The number of nitrogens with zero attached hydrogens (tertiary/aromatic N) is 2. The molecular formula is C19H25N3O4. The van der Waals surface area contributed by atoms with Gasteiger partial charge in [-0.25, -0.2) is 4.68 Å². The summed E-state index contributed by atoms with van der Waals surface area (Å²) in [5.74, 6) is -0.228. The molecule has 1 saturated heterocycles. The van der Waals surface area contributed by atoms with Crippen LogP contribution < -0.4 is 10.9 Å². The van der Waals surface area contributed by atoms with E-state index in [0.29, 0.717) is 25.1 Å². The first-order chi connectivity index (χ1) is 12.6. The number of amides is 1. The molecule has 1 N–H and O–H groups in total. The van der Waals surface area contributed by atoms with E-state index in [2.05, 4.69) is 10.4 Å². The summed E-state index contributed by atoms with van der Waals surface area (Å²) in [6.45, 7) is 4.28. The summed E-state index contributed by atoms with van der Waals surface area (Å²) >= 11 is 0. The van der Waals surface area contributed by atoms with Crippen molar-refractivity contribution in [1.29, 1.82) is 0 Å². The van der Waals surface area contributed by atoms with Crippen molar-refractivity contribution >= 4 is 16.7 Å².